The second-order valence-electron chi connectivity index (χ2n) is 8.20. The van der Waals surface area contributed by atoms with Gasteiger partial charge in [0.15, 0.2) is 0 Å². The largest absolute Gasteiger partial charge is 0.369 e. The van der Waals surface area contributed by atoms with E-state index in [9.17, 15) is 14.0 Å². The molecular weight excluding hydrogens is 397 g/mol. The third-order valence-corrected chi connectivity index (χ3v) is 5.69. The van der Waals surface area contributed by atoms with Gasteiger partial charge >= 0.3 is 0 Å². The van der Waals surface area contributed by atoms with Crippen molar-refractivity contribution in [3.05, 3.63) is 40.9 Å². The lowest BCUT2D eigenvalue weighted by Crippen LogP contribution is -2.60. The minimum atomic E-state index is -1.50. The molecule has 9 heteroatoms. The highest BCUT2D eigenvalue weighted by atomic mass is 35.5. The normalized spacial score (nSPS) is 31.3. The van der Waals surface area contributed by atoms with E-state index in [2.05, 4.69) is 16.0 Å². The molecule has 2 aliphatic rings. The molecule has 29 heavy (non-hydrogen) atoms. The molecule has 1 aliphatic carbocycles. The zero-order valence-corrected chi connectivity index (χ0v) is 17.2. The number of rotatable bonds is 8. The summed E-state index contributed by atoms with van der Waals surface area (Å²) in [5.41, 5.74) is 11.1. The minimum Gasteiger partial charge on any atom is -0.369 e. The third-order valence-electron chi connectivity index (χ3n) is 5.45. The number of nitrogens with one attached hydrogen (secondary N) is 3. The smallest absolute Gasteiger partial charge is 0.247 e. The lowest BCUT2D eigenvalue weighted by atomic mass is 9.92. The first kappa shape index (κ1) is 21.5. The zero-order chi connectivity index (χ0) is 21.3. The number of alkyl halides is 1. The number of hydrogen-bond donors (Lipinski definition) is 5. The Hall–Kier alpha value is -2.16. The van der Waals surface area contributed by atoms with Gasteiger partial charge < -0.3 is 16.8 Å². The van der Waals surface area contributed by atoms with Gasteiger partial charge in [-0.1, -0.05) is 31.5 Å². The van der Waals surface area contributed by atoms with Crippen LogP contribution in [0.2, 0.25) is 5.02 Å². The molecule has 5 atom stereocenters. The molecular formula is C20H27ClFN5O2. The van der Waals surface area contributed by atoms with Crippen LogP contribution in [0.4, 0.5) is 10.1 Å². The Kier molecular flexibility index (Phi) is 6.16. The fraction of sp³-hybridized carbons (Fsp3) is 0.500. The number of benzene rings is 1. The summed E-state index contributed by atoms with van der Waals surface area (Å²) < 4.78 is 14.8. The quantitative estimate of drug-likeness (QED) is 0.435. The topological polar surface area (TPSA) is 122 Å². The molecule has 1 fully saturated rings. The summed E-state index contributed by atoms with van der Waals surface area (Å²) in [6.45, 7) is 4.04. The first-order valence-corrected chi connectivity index (χ1v) is 10.00. The number of halogens is 2. The molecule has 1 aromatic carbocycles. The Morgan fingerprint density at radius 3 is 2.69 bits per heavy atom. The van der Waals surface area contributed by atoms with Gasteiger partial charge in [-0.3, -0.25) is 20.2 Å². The number of primary amides is 2. The van der Waals surface area contributed by atoms with E-state index in [0.29, 0.717) is 23.6 Å². The van der Waals surface area contributed by atoms with Crippen molar-refractivity contribution >= 4 is 29.1 Å². The summed E-state index contributed by atoms with van der Waals surface area (Å²) in [5.74, 6) is -0.818. The van der Waals surface area contributed by atoms with E-state index in [4.69, 9.17) is 23.1 Å². The molecule has 7 nitrogen and oxygen atoms in total. The van der Waals surface area contributed by atoms with Gasteiger partial charge in [0.05, 0.1) is 17.2 Å². The Balaban J connectivity index is 1.75. The second kappa shape index (κ2) is 8.30. The maximum atomic E-state index is 14.8. The zero-order valence-electron chi connectivity index (χ0n) is 16.4. The molecule has 5 unspecified atom stereocenters. The van der Waals surface area contributed by atoms with E-state index in [1.54, 1.807) is 24.3 Å². The fourth-order valence-corrected chi connectivity index (χ4v) is 4.21. The fourth-order valence-electron chi connectivity index (χ4n) is 4.02. The maximum absolute atomic E-state index is 14.8. The summed E-state index contributed by atoms with van der Waals surface area (Å²) in [4.78, 5) is 23.8. The summed E-state index contributed by atoms with van der Waals surface area (Å²) >= 11 is 6.01. The molecule has 3 rings (SSSR count). The van der Waals surface area contributed by atoms with E-state index in [1.165, 1.54) is 6.08 Å². The van der Waals surface area contributed by atoms with E-state index < -0.39 is 29.8 Å². The molecule has 1 heterocycles. The summed E-state index contributed by atoms with van der Waals surface area (Å²) in [6.07, 6.45) is -0.633. The molecule has 7 N–H and O–H groups in total. The van der Waals surface area contributed by atoms with Crippen molar-refractivity contribution in [2.24, 2.45) is 22.8 Å². The van der Waals surface area contributed by atoms with Crippen LogP contribution in [-0.4, -0.2) is 36.4 Å². The Morgan fingerprint density at radius 2 is 2.10 bits per heavy atom. The van der Waals surface area contributed by atoms with Crippen LogP contribution in [0.5, 0.6) is 0 Å². The maximum Gasteiger partial charge on any atom is 0.247 e. The first-order chi connectivity index (χ1) is 13.6. The number of anilines is 1. The lowest BCUT2D eigenvalue weighted by Gasteiger charge is -2.34. The Labute approximate surface area is 174 Å². The van der Waals surface area contributed by atoms with Crippen molar-refractivity contribution in [2.75, 3.05) is 5.32 Å². The van der Waals surface area contributed by atoms with Crippen molar-refractivity contribution < 1.29 is 14.0 Å². The van der Waals surface area contributed by atoms with Crippen molar-refractivity contribution in [2.45, 2.75) is 51.2 Å². The van der Waals surface area contributed by atoms with E-state index >= 15 is 0 Å². The van der Waals surface area contributed by atoms with Gasteiger partial charge in [-0.15, -0.1) is 0 Å². The van der Waals surface area contributed by atoms with Crippen LogP contribution < -0.4 is 27.4 Å². The molecule has 0 saturated heterocycles. The molecule has 0 aromatic heterocycles. The number of carbonyl (C=O) groups excluding carboxylic acids is 2. The SMILES string of the molecule is CC(C)CC1(C(N)=O)CC1NC1NC(Nc2cccc(Cl)c2)C(C(N)=O)=CC1F. The monoisotopic (exact) mass is 423 g/mol. The molecule has 1 saturated carbocycles. The number of nitrogens with two attached hydrogens (primary N) is 2. The van der Waals surface area contributed by atoms with E-state index in [1.807, 2.05) is 13.8 Å². The van der Waals surface area contributed by atoms with E-state index in [0.717, 1.165) is 0 Å². The highest BCUT2D eigenvalue weighted by Gasteiger charge is 2.59. The average molecular weight is 424 g/mol. The van der Waals surface area contributed by atoms with Crippen molar-refractivity contribution in [3.63, 3.8) is 0 Å². The third kappa shape index (κ3) is 4.71. The summed E-state index contributed by atoms with van der Waals surface area (Å²) in [7, 11) is 0. The van der Waals surface area contributed by atoms with Crippen molar-refractivity contribution in [1.82, 2.24) is 10.6 Å². The number of amides is 2. The molecule has 0 bridgehead atoms. The number of hydrogen-bond acceptors (Lipinski definition) is 5. The lowest BCUT2D eigenvalue weighted by molar-refractivity contribution is -0.124. The van der Waals surface area contributed by atoms with Crippen LogP contribution in [0.3, 0.4) is 0 Å². The molecule has 1 aromatic rings. The second-order valence-corrected chi connectivity index (χ2v) is 8.64. The van der Waals surface area contributed by atoms with Crippen LogP contribution in [0.25, 0.3) is 0 Å². The van der Waals surface area contributed by atoms with Gasteiger partial charge in [0.2, 0.25) is 11.8 Å². The van der Waals surface area contributed by atoms with Gasteiger partial charge in [-0.05, 0) is 43.0 Å². The standard InChI is InChI=1S/C20H27ClFN5O2/c1-10(2)8-20(19(24)29)9-15(20)26-18-14(22)7-13(16(23)28)17(27-18)25-12-5-3-4-11(21)6-12/h3-7,10,14-15,17-18,25-27H,8-9H2,1-2H3,(H2,23,28)(H2,24,29). The highest BCUT2D eigenvalue weighted by Crippen LogP contribution is 2.51. The predicted molar refractivity (Wildman–Crippen MR) is 111 cm³/mol. The number of carbonyl (C=O) groups is 2. The molecule has 158 valence electrons. The highest BCUT2D eigenvalue weighted by molar-refractivity contribution is 6.30. The molecule has 0 spiro atoms. The van der Waals surface area contributed by atoms with Crippen LogP contribution in [0.1, 0.15) is 26.7 Å². The van der Waals surface area contributed by atoms with Gasteiger partial charge in [0.1, 0.15) is 12.3 Å². The average Bonchev–Trinajstić information content (AvgIpc) is 3.30. The Bertz CT molecular complexity index is 833. The van der Waals surface area contributed by atoms with Crippen molar-refractivity contribution in [3.8, 4) is 0 Å². The minimum absolute atomic E-state index is 0.0923. The van der Waals surface area contributed by atoms with Crippen molar-refractivity contribution in [1.29, 1.82) is 0 Å². The van der Waals surface area contributed by atoms with Crippen LogP contribution in [0.15, 0.2) is 35.9 Å². The summed E-state index contributed by atoms with van der Waals surface area (Å²) in [5, 5.41) is 9.83. The first-order valence-electron chi connectivity index (χ1n) is 9.62. The van der Waals surface area contributed by atoms with Gasteiger partial charge in [0, 0.05) is 16.8 Å². The van der Waals surface area contributed by atoms with Crippen LogP contribution in [0, 0.1) is 11.3 Å². The van der Waals surface area contributed by atoms with Gasteiger partial charge in [0.25, 0.3) is 0 Å². The molecule has 1 aliphatic heterocycles. The van der Waals surface area contributed by atoms with E-state index in [-0.39, 0.29) is 23.4 Å². The molecule has 0 radical (unpaired) electrons. The van der Waals surface area contributed by atoms with Crippen LogP contribution in [-0.2, 0) is 9.59 Å². The Morgan fingerprint density at radius 1 is 1.38 bits per heavy atom. The summed E-state index contributed by atoms with van der Waals surface area (Å²) in [6, 6.07) is 6.71. The molecule has 2 amide bonds. The predicted octanol–water partition coefficient (Wildman–Crippen LogP) is 1.64. The van der Waals surface area contributed by atoms with Crippen LogP contribution >= 0.6 is 11.6 Å². The van der Waals surface area contributed by atoms with Gasteiger partial charge in [-0.25, -0.2) is 4.39 Å². The van der Waals surface area contributed by atoms with Gasteiger partial charge in [-0.2, -0.15) is 0 Å².